The number of hydrogen-bond acceptors (Lipinski definition) is 6. The molecule has 0 saturated carbocycles. The van der Waals surface area contributed by atoms with Crippen LogP contribution in [0.25, 0.3) is 0 Å². The number of pyridine rings is 1. The molecule has 0 aliphatic heterocycles. The highest BCUT2D eigenvalue weighted by Crippen LogP contribution is 2.22. The van der Waals surface area contributed by atoms with Gasteiger partial charge in [-0.1, -0.05) is 12.1 Å². The average molecular weight is 391 g/mol. The zero-order valence-corrected chi connectivity index (χ0v) is 16.1. The fraction of sp³-hybridized carbons (Fsp3) is 0.136. The van der Waals surface area contributed by atoms with E-state index in [2.05, 4.69) is 15.6 Å². The number of carbonyl (C=O) groups is 2. The highest BCUT2D eigenvalue weighted by atomic mass is 16.5. The molecule has 0 aliphatic rings. The summed E-state index contributed by atoms with van der Waals surface area (Å²) in [5.74, 6) is 0.425. The Labute approximate surface area is 168 Å². The van der Waals surface area contributed by atoms with Crippen LogP contribution in [0.5, 0.6) is 5.75 Å². The van der Waals surface area contributed by atoms with Gasteiger partial charge >= 0.3 is 5.97 Å². The van der Waals surface area contributed by atoms with E-state index in [9.17, 15) is 9.59 Å². The molecule has 7 heteroatoms. The number of methoxy groups -OCH3 is 1. The van der Waals surface area contributed by atoms with E-state index in [0.29, 0.717) is 40.7 Å². The molecule has 0 radical (unpaired) electrons. The van der Waals surface area contributed by atoms with Gasteiger partial charge in [0, 0.05) is 5.56 Å². The van der Waals surface area contributed by atoms with Gasteiger partial charge < -0.3 is 20.1 Å². The van der Waals surface area contributed by atoms with Crippen LogP contribution in [-0.2, 0) is 4.74 Å². The highest BCUT2D eigenvalue weighted by Gasteiger charge is 2.12. The number of amides is 1. The summed E-state index contributed by atoms with van der Waals surface area (Å²) in [5, 5.41) is 5.89. The Bertz CT molecular complexity index is 986. The molecule has 7 nitrogen and oxygen atoms in total. The molecule has 2 aromatic carbocycles. The lowest BCUT2D eigenvalue weighted by Gasteiger charge is -2.11. The summed E-state index contributed by atoms with van der Waals surface area (Å²) in [6, 6.07) is 17.3. The predicted molar refractivity (Wildman–Crippen MR) is 111 cm³/mol. The van der Waals surface area contributed by atoms with E-state index in [-0.39, 0.29) is 5.91 Å². The van der Waals surface area contributed by atoms with Crippen LogP contribution in [0.2, 0.25) is 0 Å². The second kappa shape index (κ2) is 9.36. The van der Waals surface area contributed by atoms with Crippen LogP contribution in [0, 0.1) is 0 Å². The standard InChI is InChI=1S/C22H21N3O4/c1-3-29-22(27)18-6-4-5-7-19(18)24-16-10-13-20(23-14-16)25-21(26)15-8-11-17(28-2)12-9-15/h4-14,24H,3H2,1-2H3,(H,23,25,26). The van der Waals surface area contributed by atoms with E-state index in [1.807, 2.05) is 6.07 Å². The Balaban J connectivity index is 1.68. The first-order valence-corrected chi connectivity index (χ1v) is 9.05. The summed E-state index contributed by atoms with van der Waals surface area (Å²) >= 11 is 0. The number of nitrogens with zero attached hydrogens (tertiary/aromatic N) is 1. The molecule has 1 amide bonds. The van der Waals surface area contributed by atoms with E-state index in [4.69, 9.17) is 9.47 Å². The fourth-order valence-electron chi connectivity index (χ4n) is 2.61. The monoisotopic (exact) mass is 391 g/mol. The molecule has 2 N–H and O–H groups in total. The second-order valence-corrected chi connectivity index (χ2v) is 6.01. The van der Waals surface area contributed by atoms with Gasteiger partial charge in [-0.15, -0.1) is 0 Å². The van der Waals surface area contributed by atoms with E-state index in [1.165, 1.54) is 0 Å². The first-order chi connectivity index (χ1) is 14.1. The number of hydrogen-bond donors (Lipinski definition) is 2. The number of ether oxygens (including phenoxy) is 2. The quantitative estimate of drug-likeness (QED) is 0.585. The van der Waals surface area contributed by atoms with Crippen LogP contribution < -0.4 is 15.4 Å². The molecule has 0 fully saturated rings. The van der Waals surface area contributed by atoms with Crippen molar-refractivity contribution in [2.45, 2.75) is 6.92 Å². The molecule has 0 unspecified atom stereocenters. The van der Waals surface area contributed by atoms with Gasteiger partial charge in [0.15, 0.2) is 0 Å². The molecule has 1 aromatic heterocycles. The van der Waals surface area contributed by atoms with Crippen molar-refractivity contribution in [1.82, 2.24) is 4.98 Å². The lowest BCUT2D eigenvalue weighted by atomic mass is 10.1. The summed E-state index contributed by atoms with van der Waals surface area (Å²) in [7, 11) is 1.57. The fourth-order valence-corrected chi connectivity index (χ4v) is 2.61. The van der Waals surface area contributed by atoms with Gasteiger partial charge in [-0.25, -0.2) is 9.78 Å². The van der Waals surface area contributed by atoms with Crippen molar-refractivity contribution in [2.75, 3.05) is 24.4 Å². The van der Waals surface area contributed by atoms with Gasteiger partial charge in [0.1, 0.15) is 11.6 Å². The van der Waals surface area contributed by atoms with E-state index in [1.54, 1.807) is 74.8 Å². The second-order valence-electron chi connectivity index (χ2n) is 6.01. The number of anilines is 3. The first-order valence-electron chi connectivity index (χ1n) is 9.05. The third-order valence-electron chi connectivity index (χ3n) is 4.06. The van der Waals surface area contributed by atoms with Gasteiger partial charge in [0.05, 0.1) is 36.9 Å². The molecular formula is C22H21N3O4. The maximum atomic E-state index is 12.3. The summed E-state index contributed by atoms with van der Waals surface area (Å²) in [6.45, 7) is 2.06. The zero-order chi connectivity index (χ0) is 20.6. The molecule has 148 valence electrons. The molecule has 0 aliphatic carbocycles. The Morgan fingerprint density at radius 1 is 1.00 bits per heavy atom. The van der Waals surface area contributed by atoms with E-state index >= 15 is 0 Å². The molecule has 1 heterocycles. The molecule has 0 atom stereocenters. The first kappa shape index (κ1) is 19.9. The van der Waals surface area contributed by atoms with Crippen molar-refractivity contribution in [3.8, 4) is 5.75 Å². The topological polar surface area (TPSA) is 89.6 Å². The molecule has 29 heavy (non-hydrogen) atoms. The van der Waals surface area contributed by atoms with Gasteiger partial charge in [0.25, 0.3) is 5.91 Å². The molecule has 0 spiro atoms. The SMILES string of the molecule is CCOC(=O)c1ccccc1Nc1ccc(NC(=O)c2ccc(OC)cc2)nc1. The number of esters is 1. The van der Waals surface area contributed by atoms with Gasteiger partial charge in [-0.2, -0.15) is 0 Å². The number of nitrogens with one attached hydrogen (secondary N) is 2. The van der Waals surface area contributed by atoms with E-state index < -0.39 is 5.97 Å². The summed E-state index contributed by atoms with van der Waals surface area (Å²) in [4.78, 5) is 28.6. The normalized spacial score (nSPS) is 10.1. The highest BCUT2D eigenvalue weighted by molar-refractivity contribution is 6.03. The molecule has 0 bridgehead atoms. The van der Waals surface area contributed by atoms with Crippen molar-refractivity contribution in [3.05, 3.63) is 78.0 Å². The maximum Gasteiger partial charge on any atom is 0.340 e. The number of rotatable bonds is 7. The predicted octanol–water partition coefficient (Wildman–Crippen LogP) is 4.26. The Hall–Kier alpha value is -3.87. The average Bonchev–Trinajstić information content (AvgIpc) is 2.75. The van der Waals surface area contributed by atoms with Crippen LogP contribution >= 0.6 is 0 Å². The smallest absolute Gasteiger partial charge is 0.340 e. The lowest BCUT2D eigenvalue weighted by Crippen LogP contribution is -2.13. The van der Waals surface area contributed by atoms with Gasteiger partial charge in [0.2, 0.25) is 0 Å². The largest absolute Gasteiger partial charge is 0.497 e. The molecular weight excluding hydrogens is 370 g/mol. The van der Waals surface area contributed by atoms with Crippen LogP contribution in [0.4, 0.5) is 17.2 Å². The summed E-state index contributed by atoms with van der Waals surface area (Å²) < 4.78 is 10.2. The number of aromatic nitrogens is 1. The third kappa shape index (κ3) is 5.10. The molecule has 3 rings (SSSR count). The Morgan fingerprint density at radius 3 is 2.41 bits per heavy atom. The number of para-hydroxylation sites is 1. The lowest BCUT2D eigenvalue weighted by molar-refractivity contribution is 0.0527. The van der Waals surface area contributed by atoms with Crippen LogP contribution in [-0.4, -0.2) is 30.6 Å². The van der Waals surface area contributed by atoms with Crippen molar-refractivity contribution < 1.29 is 19.1 Å². The Morgan fingerprint density at radius 2 is 1.76 bits per heavy atom. The zero-order valence-electron chi connectivity index (χ0n) is 16.1. The van der Waals surface area contributed by atoms with Crippen molar-refractivity contribution in [3.63, 3.8) is 0 Å². The van der Waals surface area contributed by atoms with Crippen molar-refractivity contribution in [2.24, 2.45) is 0 Å². The Kier molecular flexibility index (Phi) is 6.42. The summed E-state index contributed by atoms with van der Waals surface area (Å²) in [5.41, 5.74) is 2.22. The van der Waals surface area contributed by atoms with Crippen molar-refractivity contribution >= 4 is 29.1 Å². The minimum absolute atomic E-state index is 0.270. The van der Waals surface area contributed by atoms with Crippen LogP contribution in [0.3, 0.4) is 0 Å². The van der Waals surface area contributed by atoms with Crippen molar-refractivity contribution in [1.29, 1.82) is 0 Å². The molecule has 3 aromatic rings. The van der Waals surface area contributed by atoms with Crippen LogP contribution in [0.15, 0.2) is 66.9 Å². The number of benzene rings is 2. The summed E-state index contributed by atoms with van der Waals surface area (Å²) in [6.07, 6.45) is 1.57. The van der Waals surface area contributed by atoms with Gasteiger partial charge in [-0.3, -0.25) is 4.79 Å². The van der Waals surface area contributed by atoms with Crippen LogP contribution in [0.1, 0.15) is 27.6 Å². The minimum Gasteiger partial charge on any atom is -0.497 e. The minimum atomic E-state index is -0.396. The third-order valence-corrected chi connectivity index (χ3v) is 4.06. The number of carbonyl (C=O) groups excluding carboxylic acids is 2. The molecule has 0 saturated heterocycles. The van der Waals surface area contributed by atoms with E-state index in [0.717, 1.165) is 0 Å². The maximum absolute atomic E-state index is 12.3. The van der Waals surface area contributed by atoms with Gasteiger partial charge in [-0.05, 0) is 55.5 Å².